The highest BCUT2D eigenvalue weighted by Gasteiger charge is 2.36. The Hall–Kier alpha value is -2.24. The van der Waals surface area contributed by atoms with E-state index < -0.39 is 17.2 Å². The fourth-order valence-electron chi connectivity index (χ4n) is 2.04. The van der Waals surface area contributed by atoms with Gasteiger partial charge in [0.15, 0.2) is 0 Å². The predicted octanol–water partition coefficient (Wildman–Crippen LogP) is 4.61. The third-order valence-electron chi connectivity index (χ3n) is 3.61. The van der Waals surface area contributed by atoms with E-state index in [9.17, 15) is 9.59 Å². The summed E-state index contributed by atoms with van der Waals surface area (Å²) in [7, 11) is 1.51. The zero-order chi connectivity index (χ0) is 18.6. The molecule has 0 aliphatic heterocycles. The molecule has 132 valence electrons. The highest BCUT2D eigenvalue weighted by atomic mass is 35.5. The summed E-state index contributed by atoms with van der Waals surface area (Å²) in [5.74, 6) is -0.450. The van der Waals surface area contributed by atoms with Crippen molar-refractivity contribution < 1.29 is 14.3 Å². The zero-order valence-corrected chi connectivity index (χ0v) is 15.5. The summed E-state index contributed by atoms with van der Waals surface area (Å²) in [6.07, 6.45) is 0. The van der Waals surface area contributed by atoms with Crippen molar-refractivity contribution in [1.29, 1.82) is 0 Å². The topological polar surface area (TPSA) is 67.4 Å². The van der Waals surface area contributed by atoms with E-state index in [1.165, 1.54) is 21.0 Å². The van der Waals surface area contributed by atoms with E-state index in [2.05, 4.69) is 10.6 Å². The third-order valence-corrected chi connectivity index (χ3v) is 4.05. The lowest BCUT2D eigenvalue weighted by Gasteiger charge is -2.23. The van der Waals surface area contributed by atoms with E-state index in [4.69, 9.17) is 27.9 Å². The Kier molecular flexibility index (Phi) is 5.93. The van der Waals surface area contributed by atoms with Crippen LogP contribution >= 0.6 is 23.2 Å². The molecule has 5 nitrogen and oxygen atoms in total. The summed E-state index contributed by atoms with van der Waals surface area (Å²) < 4.78 is 5.20. The minimum Gasteiger partial charge on any atom is -0.495 e. The van der Waals surface area contributed by atoms with E-state index in [1.54, 1.807) is 42.5 Å². The fraction of sp³-hybridized carbons (Fsp3) is 0.222. The van der Waals surface area contributed by atoms with E-state index in [0.717, 1.165) is 0 Å². The summed E-state index contributed by atoms with van der Waals surface area (Å²) >= 11 is 11.8. The monoisotopic (exact) mass is 380 g/mol. The van der Waals surface area contributed by atoms with E-state index >= 15 is 0 Å². The van der Waals surface area contributed by atoms with E-state index in [1.807, 2.05) is 0 Å². The predicted molar refractivity (Wildman–Crippen MR) is 100 cm³/mol. The van der Waals surface area contributed by atoms with Crippen LogP contribution in [0.25, 0.3) is 0 Å². The molecule has 0 spiro atoms. The first-order valence-corrected chi connectivity index (χ1v) is 8.21. The van der Waals surface area contributed by atoms with Crippen LogP contribution in [0.1, 0.15) is 13.8 Å². The van der Waals surface area contributed by atoms with Gasteiger partial charge in [0.1, 0.15) is 11.2 Å². The number of rotatable bonds is 5. The van der Waals surface area contributed by atoms with Gasteiger partial charge in [0.2, 0.25) is 11.8 Å². The summed E-state index contributed by atoms with van der Waals surface area (Å²) in [5, 5.41) is 6.15. The average Bonchev–Trinajstić information content (AvgIpc) is 2.54. The molecule has 2 aromatic carbocycles. The molecule has 0 fully saturated rings. The van der Waals surface area contributed by atoms with Crippen LogP contribution in [0, 0.1) is 5.41 Å². The second-order valence-electron chi connectivity index (χ2n) is 5.89. The molecular formula is C18H18Cl2N2O3. The molecule has 25 heavy (non-hydrogen) atoms. The van der Waals surface area contributed by atoms with Gasteiger partial charge < -0.3 is 15.4 Å². The van der Waals surface area contributed by atoms with Gasteiger partial charge in [0.25, 0.3) is 0 Å². The highest BCUT2D eigenvalue weighted by Crippen LogP contribution is 2.28. The first-order chi connectivity index (χ1) is 11.7. The standard InChI is InChI=1S/C18H18Cl2N2O3/c1-18(2,16(23)21-13-9-11(19)8-12(20)10-13)17(24)22-14-6-4-5-7-15(14)25-3/h4-10H,1-3H3,(H,21,23)(H,22,24). The highest BCUT2D eigenvalue weighted by molar-refractivity contribution is 6.35. The lowest BCUT2D eigenvalue weighted by atomic mass is 9.90. The molecule has 0 atom stereocenters. The number of carbonyl (C=O) groups is 2. The van der Waals surface area contributed by atoms with Crippen LogP contribution in [0.2, 0.25) is 10.0 Å². The number of hydrogen-bond acceptors (Lipinski definition) is 3. The Bertz CT molecular complexity index is 786. The van der Waals surface area contributed by atoms with Crippen molar-refractivity contribution in [3.8, 4) is 5.75 Å². The van der Waals surface area contributed by atoms with E-state index in [0.29, 0.717) is 27.2 Å². The molecule has 0 aliphatic rings. The first-order valence-electron chi connectivity index (χ1n) is 7.46. The first kappa shape index (κ1) is 19.1. The molecular weight excluding hydrogens is 363 g/mol. The van der Waals surface area contributed by atoms with Gasteiger partial charge in [-0.25, -0.2) is 0 Å². The van der Waals surface area contributed by atoms with Crippen molar-refractivity contribution in [2.24, 2.45) is 5.41 Å². The van der Waals surface area contributed by atoms with Crippen molar-refractivity contribution in [3.63, 3.8) is 0 Å². The summed E-state index contributed by atoms with van der Waals surface area (Å²) in [6.45, 7) is 3.05. The summed E-state index contributed by atoms with van der Waals surface area (Å²) in [5.41, 5.74) is -0.433. The quantitative estimate of drug-likeness (QED) is 0.744. The molecule has 0 aromatic heterocycles. The molecule has 7 heteroatoms. The average molecular weight is 381 g/mol. The maximum atomic E-state index is 12.6. The molecule has 0 saturated carbocycles. The molecule has 0 unspecified atom stereocenters. The van der Waals surface area contributed by atoms with Gasteiger partial charge in [0.05, 0.1) is 12.8 Å². The number of ether oxygens (including phenoxy) is 1. The molecule has 0 radical (unpaired) electrons. The molecule has 2 rings (SSSR count). The minimum absolute atomic E-state index is 0.388. The van der Waals surface area contributed by atoms with Crippen molar-refractivity contribution in [3.05, 3.63) is 52.5 Å². The number of anilines is 2. The molecule has 2 amide bonds. The van der Waals surface area contributed by atoms with Crippen molar-refractivity contribution >= 4 is 46.4 Å². The lowest BCUT2D eigenvalue weighted by molar-refractivity contribution is -0.135. The van der Waals surface area contributed by atoms with Gasteiger partial charge in [-0.05, 0) is 44.2 Å². The van der Waals surface area contributed by atoms with Crippen LogP contribution in [0.3, 0.4) is 0 Å². The number of methoxy groups -OCH3 is 1. The minimum atomic E-state index is -1.34. The zero-order valence-electron chi connectivity index (χ0n) is 14.0. The molecule has 0 heterocycles. The Labute approximate surface area is 156 Å². The number of carbonyl (C=O) groups excluding carboxylic acids is 2. The number of nitrogens with one attached hydrogen (secondary N) is 2. The fourth-order valence-corrected chi connectivity index (χ4v) is 2.57. The SMILES string of the molecule is COc1ccccc1NC(=O)C(C)(C)C(=O)Nc1cc(Cl)cc(Cl)c1. The second-order valence-corrected chi connectivity index (χ2v) is 6.76. The van der Waals surface area contributed by atoms with Crippen LogP contribution in [-0.2, 0) is 9.59 Å². The van der Waals surface area contributed by atoms with Gasteiger partial charge >= 0.3 is 0 Å². The Morgan fingerprint density at radius 3 is 2.12 bits per heavy atom. The molecule has 2 N–H and O–H groups in total. The number of benzene rings is 2. The Balaban J connectivity index is 2.15. The van der Waals surface area contributed by atoms with Gasteiger partial charge in [-0.3, -0.25) is 9.59 Å². The maximum Gasteiger partial charge on any atom is 0.239 e. The number of halogens is 2. The number of hydrogen-bond donors (Lipinski definition) is 2. The van der Waals surface area contributed by atoms with Crippen LogP contribution in [0.4, 0.5) is 11.4 Å². The maximum absolute atomic E-state index is 12.6. The third kappa shape index (κ3) is 4.65. The van der Waals surface area contributed by atoms with Crippen molar-refractivity contribution in [2.75, 3.05) is 17.7 Å². The van der Waals surface area contributed by atoms with Crippen LogP contribution in [0.15, 0.2) is 42.5 Å². The molecule has 0 saturated heterocycles. The molecule has 2 aromatic rings. The Morgan fingerprint density at radius 2 is 1.52 bits per heavy atom. The van der Waals surface area contributed by atoms with E-state index in [-0.39, 0.29) is 0 Å². The normalized spacial score (nSPS) is 10.9. The number of para-hydroxylation sites is 2. The molecule has 0 aliphatic carbocycles. The number of amides is 2. The van der Waals surface area contributed by atoms with Crippen LogP contribution < -0.4 is 15.4 Å². The molecule has 0 bridgehead atoms. The summed E-state index contributed by atoms with van der Waals surface area (Å²) in [6, 6.07) is 11.6. The van der Waals surface area contributed by atoms with Gasteiger partial charge in [-0.2, -0.15) is 0 Å². The van der Waals surface area contributed by atoms with Crippen LogP contribution in [-0.4, -0.2) is 18.9 Å². The largest absolute Gasteiger partial charge is 0.495 e. The van der Waals surface area contributed by atoms with Crippen molar-refractivity contribution in [2.45, 2.75) is 13.8 Å². The lowest BCUT2D eigenvalue weighted by Crippen LogP contribution is -2.41. The van der Waals surface area contributed by atoms with Gasteiger partial charge in [0, 0.05) is 15.7 Å². The van der Waals surface area contributed by atoms with Gasteiger partial charge in [-0.15, -0.1) is 0 Å². The van der Waals surface area contributed by atoms with Crippen molar-refractivity contribution in [1.82, 2.24) is 0 Å². The van der Waals surface area contributed by atoms with Gasteiger partial charge in [-0.1, -0.05) is 35.3 Å². The Morgan fingerprint density at radius 1 is 0.960 bits per heavy atom. The smallest absolute Gasteiger partial charge is 0.239 e. The second kappa shape index (κ2) is 7.76. The van der Waals surface area contributed by atoms with Crippen LogP contribution in [0.5, 0.6) is 5.75 Å². The summed E-state index contributed by atoms with van der Waals surface area (Å²) in [4.78, 5) is 25.1.